The lowest BCUT2D eigenvalue weighted by Gasteiger charge is -2.36. The highest BCUT2D eigenvalue weighted by Crippen LogP contribution is 2.20. The van der Waals surface area contributed by atoms with Crippen molar-refractivity contribution in [3.8, 4) is 0 Å². The van der Waals surface area contributed by atoms with Crippen LogP contribution < -0.4 is 0 Å². The number of furan rings is 1. The van der Waals surface area contributed by atoms with Crippen LogP contribution in [0.1, 0.15) is 50.6 Å². The van der Waals surface area contributed by atoms with Gasteiger partial charge >= 0.3 is 6.09 Å². The summed E-state index contributed by atoms with van der Waals surface area (Å²) in [6.45, 7) is 6.49. The molecule has 0 spiro atoms. The molecule has 0 N–H and O–H groups in total. The summed E-state index contributed by atoms with van der Waals surface area (Å²) in [5, 5.41) is 0. The number of rotatable bonds is 5. The smallest absolute Gasteiger partial charge is 0.410 e. The van der Waals surface area contributed by atoms with Crippen LogP contribution in [-0.4, -0.2) is 48.2 Å². The van der Waals surface area contributed by atoms with Crippen LogP contribution >= 0.6 is 0 Å². The molecule has 128 valence electrons. The van der Waals surface area contributed by atoms with E-state index in [1.807, 2.05) is 20.8 Å². The van der Waals surface area contributed by atoms with Gasteiger partial charge in [-0.1, -0.05) is 0 Å². The lowest BCUT2D eigenvalue weighted by molar-refractivity contribution is -0.00639. The Kier molecular flexibility index (Phi) is 5.82. The third-order valence-corrected chi connectivity index (χ3v) is 3.59. The number of carbonyl (C=O) groups excluding carboxylic acids is 2. The van der Waals surface area contributed by atoms with Crippen molar-refractivity contribution < 1.29 is 23.5 Å². The van der Waals surface area contributed by atoms with Gasteiger partial charge in [-0.05, 0) is 52.2 Å². The Balaban J connectivity index is 1.84. The summed E-state index contributed by atoms with van der Waals surface area (Å²) in [5.74, 6) is 0.0901. The van der Waals surface area contributed by atoms with Gasteiger partial charge in [0.05, 0.1) is 18.9 Å². The summed E-state index contributed by atoms with van der Waals surface area (Å²) in [6, 6.07) is 3.22. The van der Waals surface area contributed by atoms with Gasteiger partial charge < -0.3 is 18.8 Å². The number of carbonyl (C=O) groups is 2. The van der Waals surface area contributed by atoms with E-state index >= 15 is 0 Å². The van der Waals surface area contributed by atoms with E-state index in [1.54, 1.807) is 17.0 Å². The van der Waals surface area contributed by atoms with Crippen molar-refractivity contribution in [3.63, 3.8) is 0 Å². The number of Topliss-reactive ketones (excluding diaryl/α,β-unsaturated/α-hetero) is 1. The molecule has 1 atom stereocenters. The Morgan fingerprint density at radius 1 is 1.35 bits per heavy atom. The molecule has 23 heavy (non-hydrogen) atoms. The Morgan fingerprint density at radius 2 is 2.13 bits per heavy atom. The molecular weight excluding hydrogens is 298 g/mol. The Bertz CT molecular complexity index is 518. The molecule has 1 fully saturated rings. The van der Waals surface area contributed by atoms with Crippen molar-refractivity contribution in [2.75, 3.05) is 19.8 Å². The first-order valence-corrected chi connectivity index (χ1v) is 8.01. The SMILES string of the molecule is CC(C)(C)OC(=O)N1CCCC[C@@H]1COCC(=O)c1ccco1. The van der Waals surface area contributed by atoms with Crippen LogP contribution in [0.25, 0.3) is 0 Å². The van der Waals surface area contributed by atoms with Gasteiger partial charge in [-0.25, -0.2) is 4.79 Å². The van der Waals surface area contributed by atoms with Gasteiger partial charge in [-0.2, -0.15) is 0 Å². The van der Waals surface area contributed by atoms with E-state index in [0.717, 1.165) is 19.3 Å². The minimum absolute atomic E-state index is 0.0494. The molecule has 0 aromatic carbocycles. The number of amides is 1. The molecule has 1 aliphatic rings. The first-order chi connectivity index (χ1) is 10.9. The normalized spacial score (nSPS) is 18.7. The third kappa shape index (κ3) is 5.39. The Labute approximate surface area is 136 Å². The van der Waals surface area contributed by atoms with Gasteiger partial charge in [0.15, 0.2) is 5.76 Å². The van der Waals surface area contributed by atoms with Crippen molar-refractivity contribution in [1.82, 2.24) is 4.90 Å². The van der Waals surface area contributed by atoms with E-state index in [2.05, 4.69) is 0 Å². The van der Waals surface area contributed by atoms with Gasteiger partial charge in [0.1, 0.15) is 12.2 Å². The molecule has 1 aliphatic heterocycles. The maximum atomic E-state index is 12.3. The van der Waals surface area contributed by atoms with Gasteiger partial charge in [-0.15, -0.1) is 0 Å². The predicted octanol–water partition coefficient (Wildman–Crippen LogP) is 3.27. The van der Waals surface area contributed by atoms with E-state index in [1.165, 1.54) is 6.26 Å². The molecule has 0 aliphatic carbocycles. The Morgan fingerprint density at radius 3 is 2.78 bits per heavy atom. The van der Waals surface area contributed by atoms with Gasteiger partial charge in [0, 0.05) is 6.54 Å². The first kappa shape index (κ1) is 17.5. The average molecular weight is 323 g/mol. The molecular formula is C17H25NO5. The molecule has 6 nitrogen and oxygen atoms in total. The topological polar surface area (TPSA) is 69.0 Å². The monoisotopic (exact) mass is 323 g/mol. The quantitative estimate of drug-likeness (QED) is 0.778. The number of ether oxygens (including phenoxy) is 2. The number of piperidine rings is 1. The second-order valence-corrected chi connectivity index (χ2v) is 6.74. The molecule has 1 amide bonds. The van der Waals surface area contributed by atoms with Gasteiger partial charge in [0.25, 0.3) is 0 Å². The highest BCUT2D eigenvalue weighted by atomic mass is 16.6. The van der Waals surface area contributed by atoms with E-state index in [0.29, 0.717) is 13.2 Å². The standard InChI is InChI=1S/C17H25NO5/c1-17(2,3)23-16(20)18-9-5-4-7-13(18)11-21-12-14(19)15-8-6-10-22-15/h6,8,10,13H,4-5,7,9,11-12H2,1-3H3/t13-/m1/s1. The van der Waals surface area contributed by atoms with Gasteiger partial charge in [-0.3, -0.25) is 4.79 Å². The second kappa shape index (κ2) is 7.64. The highest BCUT2D eigenvalue weighted by molar-refractivity contribution is 5.94. The fraction of sp³-hybridized carbons (Fsp3) is 0.647. The summed E-state index contributed by atoms with van der Waals surface area (Å²) in [6.07, 6.45) is 4.00. The number of hydrogen-bond acceptors (Lipinski definition) is 5. The number of ketones is 1. The lowest BCUT2D eigenvalue weighted by Crippen LogP contribution is -2.48. The summed E-state index contributed by atoms with van der Waals surface area (Å²) in [5.41, 5.74) is -0.519. The van der Waals surface area contributed by atoms with Crippen molar-refractivity contribution in [3.05, 3.63) is 24.2 Å². The first-order valence-electron chi connectivity index (χ1n) is 8.01. The van der Waals surface area contributed by atoms with Gasteiger partial charge in [0.2, 0.25) is 5.78 Å². The van der Waals surface area contributed by atoms with Crippen LogP contribution in [0.15, 0.2) is 22.8 Å². The molecule has 2 heterocycles. The zero-order valence-electron chi connectivity index (χ0n) is 14.0. The van der Waals surface area contributed by atoms with Crippen LogP contribution in [0.5, 0.6) is 0 Å². The predicted molar refractivity (Wildman–Crippen MR) is 84.4 cm³/mol. The minimum atomic E-state index is -0.519. The summed E-state index contributed by atoms with van der Waals surface area (Å²) in [7, 11) is 0. The van der Waals surface area contributed by atoms with Crippen molar-refractivity contribution in [2.45, 2.75) is 51.7 Å². The highest BCUT2D eigenvalue weighted by Gasteiger charge is 2.30. The number of hydrogen-bond donors (Lipinski definition) is 0. The summed E-state index contributed by atoms with van der Waals surface area (Å²) >= 11 is 0. The summed E-state index contributed by atoms with van der Waals surface area (Å²) in [4.78, 5) is 25.8. The summed E-state index contributed by atoms with van der Waals surface area (Å²) < 4.78 is 16.0. The van der Waals surface area contributed by atoms with E-state index in [4.69, 9.17) is 13.9 Å². The van der Waals surface area contributed by atoms with E-state index in [-0.39, 0.29) is 30.3 Å². The van der Waals surface area contributed by atoms with Crippen LogP contribution in [-0.2, 0) is 9.47 Å². The van der Waals surface area contributed by atoms with Crippen molar-refractivity contribution >= 4 is 11.9 Å². The molecule has 0 saturated carbocycles. The molecule has 0 unspecified atom stereocenters. The molecule has 0 bridgehead atoms. The Hall–Kier alpha value is -1.82. The molecule has 1 saturated heterocycles. The number of nitrogens with zero attached hydrogens (tertiary/aromatic N) is 1. The average Bonchev–Trinajstić information content (AvgIpc) is 3.00. The molecule has 1 aromatic heterocycles. The number of likely N-dealkylation sites (tertiary alicyclic amines) is 1. The van der Waals surface area contributed by atoms with E-state index in [9.17, 15) is 9.59 Å². The largest absolute Gasteiger partial charge is 0.461 e. The van der Waals surface area contributed by atoms with Crippen LogP contribution in [0, 0.1) is 0 Å². The fourth-order valence-corrected chi connectivity index (χ4v) is 2.53. The van der Waals surface area contributed by atoms with Crippen LogP contribution in [0.2, 0.25) is 0 Å². The molecule has 1 aromatic rings. The lowest BCUT2D eigenvalue weighted by atomic mass is 10.0. The molecule has 2 rings (SSSR count). The molecule has 6 heteroatoms. The second-order valence-electron chi connectivity index (χ2n) is 6.74. The van der Waals surface area contributed by atoms with Crippen LogP contribution in [0.4, 0.5) is 4.79 Å². The zero-order chi connectivity index (χ0) is 16.9. The fourth-order valence-electron chi connectivity index (χ4n) is 2.53. The maximum Gasteiger partial charge on any atom is 0.410 e. The van der Waals surface area contributed by atoms with Crippen molar-refractivity contribution in [1.29, 1.82) is 0 Å². The maximum absolute atomic E-state index is 12.3. The van der Waals surface area contributed by atoms with Crippen LogP contribution in [0.3, 0.4) is 0 Å². The van der Waals surface area contributed by atoms with E-state index < -0.39 is 5.60 Å². The van der Waals surface area contributed by atoms with Crippen molar-refractivity contribution in [2.24, 2.45) is 0 Å². The molecule has 0 radical (unpaired) electrons. The third-order valence-electron chi connectivity index (χ3n) is 3.59. The minimum Gasteiger partial charge on any atom is -0.461 e. The zero-order valence-corrected chi connectivity index (χ0v) is 14.0.